The summed E-state index contributed by atoms with van der Waals surface area (Å²) in [7, 11) is 0. The van der Waals surface area contributed by atoms with Gasteiger partial charge in [-0.05, 0) is 26.7 Å². The lowest BCUT2D eigenvalue weighted by atomic mass is 9.91. The minimum absolute atomic E-state index is 0.00573. The minimum Gasteiger partial charge on any atom is -0.481 e. The van der Waals surface area contributed by atoms with Gasteiger partial charge in [-0.3, -0.25) is 4.79 Å². The van der Waals surface area contributed by atoms with E-state index in [4.69, 9.17) is 10.8 Å². The van der Waals surface area contributed by atoms with Gasteiger partial charge in [0.05, 0.1) is 6.42 Å². The molecule has 110 valence electrons. The van der Waals surface area contributed by atoms with E-state index in [0.717, 1.165) is 25.7 Å². The van der Waals surface area contributed by atoms with Crippen LogP contribution in [0.4, 0.5) is 4.79 Å². The molecule has 3 unspecified atom stereocenters. The van der Waals surface area contributed by atoms with Crippen molar-refractivity contribution in [1.82, 2.24) is 10.2 Å². The van der Waals surface area contributed by atoms with Gasteiger partial charge in [-0.15, -0.1) is 0 Å². The summed E-state index contributed by atoms with van der Waals surface area (Å²) in [5, 5.41) is 11.7. The maximum atomic E-state index is 12.2. The number of carboxylic acids is 1. The normalized spacial score (nSPS) is 24.6. The van der Waals surface area contributed by atoms with Crippen LogP contribution in [0.2, 0.25) is 0 Å². The third-order valence-corrected chi connectivity index (χ3v) is 3.73. The highest BCUT2D eigenvalue weighted by Gasteiger charge is 2.27. The highest BCUT2D eigenvalue weighted by Crippen LogP contribution is 2.17. The molecular weight excluding hydrogens is 246 g/mol. The Bertz CT molecular complexity index is 322. The summed E-state index contributed by atoms with van der Waals surface area (Å²) >= 11 is 0. The summed E-state index contributed by atoms with van der Waals surface area (Å²) in [5.41, 5.74) is 6.00. The summed E-state index contributed by atoms with van der Waals surface area (Å²) in [6.07, 6.45) is 3.98. The van der Waals surface area contributed by atoms with Crippen LogP contribution in [0.5, 0.6) is 0 Å². The molecule has 0 aromatic rings. The predicted molar refractivity (Wildman–Crippen MR) is 72.9 cm³/mol. The van der Waals surface area contributed by atoms with Crippen LogP contribution in [-0.4, -0.2) is 46.7 Å². The van der Waals surface area contributed by atoms with E-state index in [-0.39, 0.29) is 30.6 Å². The van der Waals surface area contributed by atoms with Crippen molar-refractivity contribution >= 4 is 12.0 Å². The lowest BCUT2D eigenvalue weighted by Crippen LogP contribution is -2.54. The van der Waals surface area contributed by atoms with Crippen LogP contribution in [-0.2, 0) is 4.79 Å². The van der Waals surface area contributed by atoms with Crippen LogP contribution in [0.15, 0.2) is 0 Å². The zero-order chi connectivity index (χ0) is 14.4. The second-order valence-electron chi connectivity index (χ2n) is 5.24. The number of nitrogens with zero attached hydrogens (tertiary/aromatic N) is 1. The molecule has 3 atom stereocenters. The van der Waals surface area contributed by atoms with Crippen LogP contribution in [0, 0.1) is 0 Å². The van der Waals surface area contributed by atoms with Gasteiger partial charge in [-0.2, -0.15) is 0 Å². The molecule has 6 heteroatoms. The van der Waals surface area contributed by atoms with E-state index in [1.165, 1.54) is 0 Å². The second kappa shape index (κ2) is 7.33. The summed E-state index contributed by atoms with van der Waals surface area (Å²) in [6, 6.07) is -0.514. The first-order valence-corrected chi connectivity index (χ1v) is 7.00. The molecule has 0 heterocycles. The molecule has 0 aromatic heterocycles. The Kier molecular flexibility index (Phi) is 6.08. The largest absolute Gasteiger partial charge is 0.481 e. The molecule has 1 aliphatic rings. The van der Waals surface area contributed by atoms with Gasteiger partial charge in [-0.25, -0.2) is 4.79 Å². The maximum Gasteiger partial charge on any atom is 0.317 e. The lowest BCUT2D eigenvalue weighted by Gasteiger charge is -2.33. The number of hydrogen-bond donors (Lipinski definition) is 3. The average Bonchev–Trinajstić information content (AvgIpc) is 2.32. The lowest BCUT2D eigenvalue weighted by molar-refractivity contribution is -0.138. The Morgan fingerprint density at radius 1 is 1.42 bits per heavy atom. The first-order valence-electron chi connectivity index (χ1n) is 7.00. The molecule has 4 N–H and O–H groups in total. The zero-order valence-electron chi connectivity index (χ0n) is 11.8. The van der Waals surface area contributed by atoms with Crippen LogP contribution in [0.1, 0.15) is 46.0 Å². The topological polar surface area (TPSA) is 95.7 Å². The molecule has 0 bridgehead atoms. The third-order valence-electron chi connectivity index (χ3n) is 3.73. The van der Waals surface area contributed by atoms with Crippen LogP contribution in [0.25, 0.3) is 0 Å². The molecule has 1 saturated carbocycles. The Labute approximate surface area is 114 Å². The molecular formula is C13H25N3O3. The van der Waals surface area contributed by atoms with Crippen LogP contribution >= 0.6 is 0 Å². The van der Waals surface area contributed by atoms with Gasteiger partial charge in [0.25, 0.3) is 0 Å². The van der Waals surface area contributed by atoms with Crippen molar-refractivity contribution < 1.29 is 14.7 Å². The van der Waals surface area contributed by atoms with Gasteiger partial charge in [-0.1, -0.05) is 12.8 Å². The number of hydrogen-bond acceptors (Lipinski definition) is 3. The number of urea groups is 1. The van der Waals surface area contributed by atoms with E-state index in [9.17, 15) is 9.59 Å². The third kappa shape index (κ3) is 4.70. The monoisotopic (exact) mass is 271 g/mol. The molecule has 0 saturated heterocycles. The number of carboxylic acid groups (broad SMARTS) is 1. The molecule has 0 radical (unpaired) electrons. The quantitative estimate of drug-likeness (QED) is 0.699. The SMILES string of the molecule is CCN(C(=O)NC1CCCCC1N)C(C)CC(=O)O. The molecule has 0 spiro atoms. The van der Waals surface area contributed by atoms with Crippen molar-refractivity contribution in [1.29, 1.82) is 0 Å². The molecule has 1 fully saturated rings. The first-order chi connectivity index (χ1) is 8.95. The number of nitrogens with two attached hydrogens (primary N) is 1. The standard InChI is InChI=1S/C13H25N3O3/c1-3-16(9(2)8-12(17)18)13(19)15-11-7-5-4-6-10(11)14/h9-11H,3-8,14H2,1-2H3,(H,15,19)(H,17,18). The van der Waals surface area contributed by atoms with Gasteiger partial charge in [0.2, 0.25) is 0 Å². The first kappa shape index (κ1) is 15.8. The van der Waals surface area contributed by atoms with Crippen LogP contribution in [0.3, 0.4) is 0 Å². The molecule has 1 aliphatic carbocycles. The van der Waals surface area contributed by atoms with Gasteiger partial charge in [0.1, 0.15) is 0 Å². The number of carbonyl (C=O) groups excluding carboxylic acids is 1. The van der Waals surface area contributed by atoms with Crippen molar-refractivity contribution in [3.63, 3.8) is 0 Å². The van der Waals surface area contributed by atoms with E-state index >= 15 is 0 Å². The molecule has 2 amide bonds. The van der Waals surface area contributed by atoms with Gasteiger partial charge < -0.3 is 21.1 Å². The number of aliphatic carboxylic acids is 1. The summed E-state index contributed by atoms with van der Waals surface area (Å²) in [5.74, 6) is -0.895. The highest BCUT2D eigenvalue weighted by atomic mass is 16.4. The Morgan fingerprint density at radius 2 is 2.05 bits per heavy atom. The summed E-state index contributed by atoms with van der Waals surface area (Å²) in [4.78, 5) is 24.4. The molecule has 19 heavy (non-hydrogen) atoms. The van der Waals surface area contributed by atoms with Gasteiger partial charge >= 0.3 is 12.0 Å². The fourth-order valence-electron chi connectivity index (χ4n) is 2.60. The van der Waals surface area contributed by atoms with Crippen molar-refractivity contribution in [2.45, 2.75) is 64.1 Å². The molecule has 0 aliphatic heterocycles. The van der Waals surface area contributed by atoms with E-state index in [2.05, 4.69) is 5.32 Å². The number of amides is 2. The summed E-state index contributed by atoms with van der Waals surface area (Å²) < 4.78 is 0. The van der Waals surface area contributed by atoms with Crippen molar-refractivity contribution in [2.75, 3.05) is 6.54 Å². The number of nitrogens with one attached hydrogen (secondary N) is 1. The fourth-order valence-corrected chi connectivity index (χ4v) is 2.60. The average molecular weight is 271 g/mol. The molecule has 0 aromatic carbocycles. The van der Waals surface area contributed by atoms with Crippen molar-refractivity contribution in [3.8, 4) is 0 Å². The molecule has 1 rings (SSSR count). The van der Waals surface area contributed by atoms with Crippen molar-refractivity contribution in [2.24, 2.45) is 5.73 Å². The maximum absolute atomic E-state index is 12.2. The minimum atomic E-state index is -0.895. The van der Waals surface area contributed by atoms with Gasteiger partial charge in [0.15, 0.2) is 0 Å². The zero-order valence-corrected chi connectivity index (χ0v) is 11.8. The fraction of sp³-hybridized carbons (Fsp3) is 0.846. The second-order valence-corrected chi connectivity index (χ2v) is 5.24. The van der Waals surface area contributed by atoms with E-state index in [1.807, 2.05) is 6.92 Å². The number of rotatable bonds is 5. The Hall–Kier alpha value is -1.30. The van der Waals surface area contributed by atoms with Gasteiger partial charge in [0, 0.05) is 24.7 Å². The molecule has 6 nitrogen and oxygen atoms in total. The van der Waals surface area contributed by atoms with Crippen LogP contribution < -0.4 is 11.1 Å². The Morgan fingerprint density at radius 3 is 2.58 bits per heavy atom. The smallest absolute Gasteiger partial charge is 0.317 e. The number of carbonyl (C=O) groups is 2. The Balaban J connectivity index is 2.55. The highest BCUT2D eigenvalue weighted by molar-refractivity contribution is 5.76. The van der Waals surface area contributed by atoms with E-state index < -0.39 is 5.97 Å². The van der Waals surface area contributed by atoms with E-state index in [0.29, 0.717) is 6.54 Å². The predicted octanol–water partition coefficient (Wildman–Crippen LogP) is 1.15. The van der Waals surface area contributed by atoms with Crippen molar-refractivity contribution in [3.05, 3.63) is 0 Å². The van der Waals surface area contributed by atoms with E-state index in [1.54, 1.807) is 11.8 Å². The summed E-state index contributed by atoms with van der Waals surface area (Å²) in [6.45, 7) is 4.08.